The van der Waals surface area contributed by atoms with Gasteiger partial charge in [0, 0.05) is 25.3 Å². The molecule has 3 rings (SSSR count). The molecule has 25 heavy (non-hydrogen) atoms. The van der Waals surface area contributed by atoms with Gasteiger partial charge in [-0.3, -0.25) is 9.69 Å². The van der Waals surface area contributed by atoms with Gasteiger partial charge in [-0.25, -0.2) is 4.98 Å². The van der Waals surface area contributed by atoms with Crippen molar-refractivity contribution in [1.29, 1.82) is 0 Å². The van der Waals surface area contributed by atoms with E-state index in [4.69, 9.17) is 4.42 Å². The Bertz CT molecular complexity index is 705. The summed E-state index contributed by atoms with van der Waals surface area (Å²) in [7, 11) is 0. The minimum absolute atomic E-state index is 0.244. The van der Waals surface area contributed by atoms with E-state index in [1.54, 1.807) is 0 Å². The highest BCUT2D eigenvalue weighted by atomic mass is 16.3. The predicted molar refractivity (Wildman–Crippen MR) is 95.4 cm³/mol. The summed E-state index contributed by atoms with van der Waals surface area (Å²) in [6.07, 6.45) is 4.02. The SMILES string of the molecule is CCc1ocnc1C(=O)Nc1cccc(CN2CCC(CO)CC2)c1. The van der Waals surface area contributed by atoms with Gasteiger partial charge in [0.15, 0.2) is 12.1 Å². The number of benzene rings is 1. The zero-order chi connectivity index (χ0) is 17.6. The minimum Gasteiger partial charge on any atom is -0.448 e. The second-order valence-corrected chi connectivity index (χ2v) is 6.53. The number of amides is 1. The van der Waals surface area contributed by atoms with Crippen LogP contribution in [-0.2, 0) is 13.0 Å². The van der Waals surface area contributed by atoms with Crippen molar-refractivity contribution in [3.05, 3.63) is 47.7 Å². The molecule has 0 aliphatic carbocycles. The molecule has 134 valence electrons. The van der Waals surface area contributed by atoms with Gasteiger partial charge in [0.2, 0.25) is 0 Å². The minimum atomic E-state index is -0.244. The zero-order valence-corrected chi connectivity index (χ0v) is 14.6. The summed E-state index contributed by atoms with van der Waals surface area (Å²) in [6.45, 7) is 5.07. The lowest BCUT2D eigenvalue weighted by molar-refractivity contribution is 0.102. The van der Waals surface area contributed by atoms with E-state index in [1.165, 1.54) is 6.39 Å². The average molecular weight is 343 g/mol. The Hall–Kier alpha value is -2.18. The number of aryl methyl sites for hydroxylation is 1. The molecule has 1 fully saturated rings. The van der Waals surface area contributed by atoms with E-state index in [2.05, 4.69) is 21.3 Å². The third kappa shape index (κ3) is 4.46. The molecule has 1 aromatic heterocycles. The zero-order valence-electron chi connectivity index (χ0n) is 14.6. The number of likely N-dealkylation sites (tertiary alicyclic amines) is 1. The fraction of sp³-hybridized carbons (Fsp3) is 0.474. The van der Waals surface area contributed by atoms with Crippen LogP contribution in [-0.4, -0.2) is 40.6 Å². The van der Waals surface area contributed by atoms with Crippen LogP contribution in [0.25, 0.3) is 0 Å². The Balaban J connectivity index is 1.61. The largest absolute Gasteiger partial charge is 0.448 e. The molecule has 0 unspecified atom stereocenters. The number of nitrogens with one attached hydrogen (secondary N) is 1. The molecule has 2 aromatic rings. The van der Waals surface area contributed by atoms with Crippen molar-refractivity contribution in [2.75, 3.05) is 25.0 Å². The Morgan fingerprint density at radius 3 is 2.92 bits per heavy atom. The van der Waals surface area contributed by atoms with Gasteiger partial charge in [-0.1, -0.05) is 19.1 Å². The lowest BCUT2D eigenvalue weighted by atomic mass is 9.97. The summed E-state index contributed by atoms with van der Waals surface area (Å²) in [5.74, 6) is 0.795. The molecule has 0 spiro atoms. The van der Waals surface area contributed by atoms with Crippen LogP contribution < -0.4 is 5.32 Å². The molecule has 0 bridgehead atoms. The van der Waals surface area contributed by atoms with Crippen molar-refractivity contribution in [3.8, 4) is 0 Å². The van der Waals surface area contributed by atoms with Crippen LogP contribution in [0.1, 0.15) is 41.6 Å². The third-order valence-electron chi connectivity index (χ3n) is 4.73. The number of carbonyl (C=O) groups excluding carboxylic acids is 1. The highest BCUT2D eigenvalue weighted by Gasteiger charge is 2.19. The number of hydrogen-bond donors (Lipinski definition) is 2. The number of carbonyl (C=O) groups is 1. The fourth-order valence-electron chi connectivity index (χ4n) is 3.23. The summed E-state index contributed by atoms with van der Waals surface area (Å²) in [4.78, 5) is 18.8. The lowest BCUT2D eigenvalue weighted by Crippen LogP contribution is -2.34. The summed E-state index contributed by atoms with van der Waals surface area (Å²) >= 11 is 0. The molecule has 1 aromatic carbocycles. The molecule has 0 radical (unpaired) electrons. The molecule has 1 amide bonds. The fourth-order valence-corrected chi connectivity index (χ4v) is 3.23. The number of aromatic nitrogens is 1. The number of piperidine rings is 1. The van der Waals surface area contributed by atoms with Gasteiger partial charge in [0.05, 0.1) is 0 Å². The number of rotatable bonds is 6. The molecule has 6 heteroatoms. The molecule has 1 aliphatic heterocycles. The highest BCUT2D eigenvalue weighted by molar-refractivity contribution is 6.03. The number of aliphatic hydroxyl groups is 1. The van der Waals surface area contributed by atoms with Gasteiger partial charge in [-0.2, -0.15) is 0 Å². The van der Waals surface area contributed by atoms with Gasteiger partial charge in [0.1, 0.15) is 5.76 Å². The van der Waals surface area contributed by atoms with Crippen LogP contribution in [0.2, 0.25) is 0 Å². The third-order valence-corrected chi connectivity index (χ3v) is 4.73. The average Bonchev–Trinajstić information content (AvgIpc) is 3.11. The van der Waals surface area contributed by atoms with Gasteiger partial charge in [0.25, 0.3) is 5.91 Å². The Morgan fingerprint density at radius 1 is 1.40 bits per heavy atom. The van der Waals surface area contributed by atoms with Crippen molar-refractivity contribution in [2.24, 2.45) is 5.92 Å². The van der Waals surface area contributed by atoms with Crippen LogP contribution in [0, 0.1) is 5.92 Å². The van der Waals surface area contributed by atoms with E-state index < -0.39 is 0 Å². The van der Waals surface area contributed by atoms with E-state index in [-0.39, 0.29) is 12.5 Å². The summed E-state index contributed by atoms with van der Waals surface area (Å²) in [5.41, 5.74) is 2.27. The monoisotopic (exact) mass is 343 g/mol. The maximum absolute atomic E-state index is 12.4. The van der Waals surface area contributed by atoms with Crippen molar-refractivity contribution in [1.82, 2.24) is 9.88 Å². The van der Waals surface area contributed by atoms with Gasteiger partial charge < -0.3 is 14.8 Å². The van der Waals surface area contributed by atoms with E-state index in [9.17, 15) is 9.90 Å². The number of oxazole rings is 1. The Labute approximate surface area is 147 Å². The Morgan fingerprint density at radius 2 is 2.20 bits per heavy atom. The van der Waals surface area contributed by atoms with Crippen LogP contribution in [0.5, 0.6) is 0 Å². The summed E-state index contributed by atoms with van der Waals surface area (Å²) < 4.78 is 5.22. The number of hydrogen-bond acceptors (Lipinski definition) is 5. The second kappa shape index (κ2) is 8.27. The van der Waals surface area contributed by atoms with Crippen LogP contribution in [0.15, 0.2) is 35.1 Å². The molecule has 0 saturated carbocycles. The van der Waals surface area contributed by atoms with E-state index in [1.807, 2.05) is 25.1 Å². The lowest BCUT2D eigenvalue weighted by Gasteiger charge is -2.31. The first-order valence-corrected chi connectivity index (χ1v) is 8.85. The summed E-state index contributed by atoms with van der Waals surface area (Å²) in [5, 5.41) is 12.1. The molecule has 1 aliphatic rings. The van der Waals surface area contributed by atoms with E-state index in [0.29, 0.717) is 23.8 Å². The van der Waals surface area contributed by atoms with Gasteiger partial charge >= 0.3 is 0 Å². The maximum Gasteiger partial charge on any atom is 0.277 e. The topological polar surface area (TPSA) is 78.6 Å². The highest BCUT2D eigenvalue weighted by Crippen LogP contribution is 2.20. The smallest absolute Gasteiger partial charge is 0.277 e. The first kappa shape index (κ1) is 17.6. The normalized spacial score (nSPS) is 16.1. The standard InChI is InChI=1S/C19H25N3O3/c1-2-17-18(20-13-25-17)19(24)21-16-5-3-4-15(10-16)11-22-8-6-14(12-23)7-9-22/h3-5,10,13-14,23H,2,6-9,11-12H2,1H3,(H,21,24). The molecule has 6 nitrogen and oxygen atoms in total. The number of nitrogens with zero attached hydrogens (tertiary/aromatic N) is 2. The van der Waals surface area contributed by atoms with E-state index in [0.717, 1.165) is 43.7 Å². The summed E-state index contributed by atoms with van der Waals surface area (Å²) in [6, 6.07) is 7.91. The molecular weight excluding hydrogens is 318 g/mol. The number of aliphatic hydroxyl groups excluding tert-OH is 1. The molecule has 1 saturated heterocycles. The first-order valence-electron chi connectivity index (χ1n) is 8.85. The van der Waals surface area contributed by atoms with Crippen molar-refractivity contribution < 1.29 is 14.3 Å². The molecule has 2 N–H and O–H groups in total. The van der Waals surface area contributed by atoms with Crippen LogP contribution >= 0.6 is 0 Å². The second-order valence-electron chi connectivity index (χ2n) is 6.53. The van der Waals surface area contributed by atoms with Crippen molar-refractivity contribution in [3.63, 3.8) is 0 Å². The maximum atomic E-state index is 12.4. The quantitative estimate of drug-likeness (QED) is 0.843. The van der Waals surface area contributed by atoms with E-state index >= 15 is 0 Å². The van der Waals surface area contributed by atoms with Gasteiger partial charge in [-0.15, -0.1) is 0 Å². The van der Waals surface area contributed by atoms with Crippen molar-refractivity contribution in [2.45, 2.75) is 32.7 Å². The van der Waals surface area contributed by atoms with Crippen LogP contribution in [0.4, 0.5) is 5.69 Å². The number of anilines is 1. The van der Waals surface area contributed by atoms with Crippen molar-refractivity contribution >= 4 is 11.6 Å². The predicted octanol–water partition coefficient (Wildman–Crippen LogP) is 2.69. The van der Waals surface area contributed by atoms with Gasteiger partial charge in [-0.05, 0) is 49.5 Å². The first-order chi connectivity index (χ1) is 12.2. The Kier molecular flexibility index (Phi) is 5.83. The molecule has 0 atom stereocenters. The van der Waals surface area contributed by atoms with Crippen LogP contribution in [0.3, 0.4) is 0 Å². The molecule has 2 heterocycles. The molecular formula is C19H25N3O3.